The van der Waals surface area contributed by atoms with Crippen molar-refractivity contribution < 1.29 is 0 Å². The zero-order valence-corrected chi connectivity index (χ0v) is 16.8. The van der Waals surface area contributed by atoms with Gasteiger partial charge in [0.05, 0.1) is 24.3 Å². The molecule has 0 radical (unpaired) electrons. The molecule has 1 aliphatic rings. The highest BCUT2D eigenvalue weighted by Gasteiger charge is 2.17. The summed E-state index contributed by atoms with van der Waals surface area (Å²) in [6, 6.07) is 7.84. The third-order valence-corrected chi connectivity index (χ3v) is 5.64. The lowest BCUT2D eigenvalue weighted by Crippen LogP contribution is -2.37. The fourth-order valence-electron chi connectivity index (χ4n) is 3.63. The van der Waals surface area contributed by atoms with Crippen LogP contribution in [0.5, 0.6) is 0 Å². The second-order valence-corrected chi connectivity index (χ2v) is 7.35. The lowest BCUT2D eigenvalue weighted by molar-refractivity contribution is 0.610. The molecule has 0 bridgehead atoms. The first-order chi connectivity index (χ1) is 13.5. The van der Waals surface area contributed by atoms with Crippen molar-refractivity contribution in [2.75, 3.05) is 18.0 Å². The van der Waals surface area contributed by atoms with Crippen molar-refractivity contribution in [3.05, 3.63) is 64.3 Å². The molecular formula is C22H24N6. The topological polar surface area (TPSA) is 50.7 Å². The first-order valence-electron chi connectivity index (χ1n) is 9.58. The van der Waals surface area contributed by atoms with Crippen molar-refractivity contribution in [1.29, 1.82) is 0 Å². The average molecular weight is 372 g/mol. The van der Waals surface area contributed by atoms with Gasteiger partial charge in [0.25, 0.3) is 0 Å². The second-order valence-electron chi connectivity index (χ2n) is 7.35. The van der Waals surface area contributed by atoms with Gasteiger partial charge in [-0.2, -0.15) is 0 Å². The fraction of sp³-hybridized carbons (Fsp3) is 0.364. The number of pyridine rings is 1. The van der Waals surface area contributed by atoms with Gasteiger partial charge in [0.2, 0.25) is 0 Å². The van der Waals surface area contributed by atoms with Gasteiger partial charge in [0, 0.05) is 25.5 Å². The Morgan fingerprint density at radius 2 is 2.04 bits per heavy atom. The Balaban J connectivity index is 1.89. The molecule has 2 aromatic heterocycles. The molecule has 1 aromatic carbocycles. The molecule has 1 fully saturated rings. The van der Waals surface area contributed by atoms with Crippen LogP contribution in [0.15, 0.2) is 35.5 Å². The van der Waals surface area contributed by atoms with Crippen molar-refractivity contribution in [2.45, 2.75) is 33.2 Å². The fourth-order valence-corrected chi connectivity index (χ4v) is 3.63. The molecule has 6 nitrogen and oxygen atoms in total. The quantitative estimate of drug-likeness (QED) is 0.653. The molecule has 142 valence electrons. The summed E-state index contributed by atoms with van der Waals surface area (Å²) in [6.07, 6.45) is 3.14. The SMILES string of the molecule is [C-]#[N+]c1cccc([C@@H](C)N=c2nc(C)n(C)c3cnc(N4CCC4)cc23)c1C. The molecule has 0 aliphatic carbocycles. The molecule has 3 heterocycles. The molecule has 28 heavy (non-hydrogen) atoms. The summed E-state index contributed by atoms with van der Waals surface area (Å²) in [5, 5.41) is 1.01. The van der Waals surface area contributed by atoms with Crippen molar-refractivity contribution >= 4 is 22.4 Å². The van der Waals surface area contributed by atoms with Gasteiger partial charge < -0.3 is 9.47 Å². The van der Waals surface area contributed by atoms with E-state index in [9.17, 15) is 0 Å². The van der Waals surface area contributed by atoms with E-state index >= 15 is 0 Å². The maximum Gasteiger partial charge on any atom is 0.190 e. The summed E-state index contributed by atoms with van der Waals surface area (Å²) in [6.45, 7) is 15.5. The molecule has 6 heteroatoms. The molecule has 0 unspecified atom stereocenters. The van der Waals surface area contributed by atoms with Gasteiger partial charge in [-0.3, -0.25) is 4.99 Å². The van der Waals surface area contributed by atoms with Gasteiger partial charge in [-0.05, 0) is 44.4 Å². The number of anilines is 1. The standard InChI is InChI=1S/C22H24N6/c1-14-17(8-6-9-19(14)23-4)15(2)25-22-18-12-21(28-10-7-11-28)24-13-20(18)27(5)16(3)26-22/h6,8-9,12-13,15H,7,10-11H2,1-3,5H3/t15-/m1/s1. The van der Waals surface area contributed by atoms with E-state index < -0.39 is 0 Å². The Labute approximate surface area is 165 Å². The van der Waals surface area contributed by atoms with E-state index in [1.165, 1.54) is 6.42 Å². The van der Waals surface area contributed by atoms with Crippen molar-refractivity contribution in [3.8, 4) is 0 Å². The minimum absolute atomic E-state index is 0.0925. The van der Waals surface area contributed by atoms with E-state index in [1.807, 2.05) is 45.3 Å². The smallest absolute Gasteiger partial charge is 0.190 e. The van der Waals surface area contributed by atoms with Gasteiger partial charge in [-0.25, -0.2) is 14.8 Å². The summed E-state index contributed by atoms with van der Waals surface area (Å²) >= 11 is 0. The highest BCUT2D eigenvalue weighted by molar-refractivity contribution is 5.80. The van der Waals surface area contributed by atoms with E-state index in [1.54, 1.807) is 0 Å². The highest BCUT2D eigenvalue weighted by atomic mass is 15.2. The maximum absolute atomic E-state index is 7.36. The van der Waals surface area contributed by atoms with Gasteiger partial charge in [-0.1, -0.05) is 18.2 Å². The summed E-state index contributed by atoms with van der Waals surface area (Å²) in [5.74, 6) is 1.88. The number of benzene rings is 1. The molecule has 4 rings (SSSR count). The Hall–Kier alpha value is -3.20. The number of nitrogens with zero attached hydrogens (tertiary/aromatic N) is 6. The molecule has 0 spiro atoms. The minimum atomic E-state index is -0.0925. The number of aromatic nitrogens is 3. The largest absolute Gasteiger partial charge is 0.356 e. The normalized spacial score (nSPS) is 15.4. The van der Waals surface area contributed by atoms with Crippen LogP contribution >= 0.6 is 0 Å². The predicted octanol–water partition coefficient (Wildman–Crippen LogP) is 4.01. The Morgan fingerprint density at radius 1 is 1.25 bits per heavy atom. The molecule has 1 aliphatic heterocycles. The van der Waals surface area contributed by atoms with Crippen LogP contribution in [-0.2, 0) is 7.05 Å². The monoisotopic (exact) mass is 372 g/mol. The molecule has 0 saturated carbocycles. The van der Waals surface area contributed by atoms with Crippen LogP contribution in [0.3, 0.4) is 0 Å². The lowest BCUT2D eigenvalue weighted by Gasteiger charge is -2.32. The van der Waals surface area contributed by atoms with Crippen LogP contribution in [0.25, 0.3) is 15.7 Å². The molecule has 1 atom stereocenters. The summed E-state index contributed by atoms with van der Waals surface area (Å²) in [5.41, 5.74) is 4.48. The summed E-state index contributed by atoms with van der Waals surface area (Å²) in [7, 11) is 2.01. The number of fused-ring (bicyclic) bond motifs is 1. The third kappa shape index (κ3) is 3.03. The van der Waals surface area contributed by atoms with Crippen LogP contribution in [0.4, 0.5) is 11.5 Å². The van der Waals surface area contributed by atoms with Crippen molar-refractivity contribution in [2.24, 2.45) is 12.0 Å². The zero-order valence-electron chi connectivity index (χ0n) is 16.8. The predicted molar refractivity (Wildman–Crippen MR) is 111 cm³/mol. The summed E-state index contributed by atoms with van der Waals surface area (Å²) < 4.78 is 2.05. The lowest BCUT2D eigenvalue weighted by atomic mass is 10.0. The zero-order chi connectivity index (χ0) is 19.8. The number of hydrogen-bond acceptors (Lipinski definition) is 4. The van der Waals surface area contributed by atoms with Crippen LogP contribution in [0.1, 0.15) is 36.3 Å². The highest BCUT2D eigenvalue weighted by Crippen LogP contribution is 2.28. The van der Waals surface area contributed by atoms with Gasteiger partial charge in [0.15, 0.2) is 11.2 Å². The average Bonchev–Trinajstić information content (AvgIpc) is 2.64. The Morgan fingerprint density at radius 3 is 2.71 bits per heavy atom. The van der Waals surface area contributed by atoms with E-state index in [0.29, 0.717) is 5.69 Å². The van der Waals surface area contributed by atoms with E-state index in [4.69, 9.17) is 16.5 Å². The number of hydrogen-bond donors (Lipinski definition) is 0. The van der Waals surface area contributed by atoms with E-state index in [0.717, 1.165) is 52.2 Å². The van der Waals surface area contributed by atoms with Crippen LogP contribution in [0.2, 0.25) is 0 Å². The molecule has 0 amide bonds. The number of rotatable bonds is 3. The second kappa shape index (κ2) is 7.08. The van der Waals surface area contributed by atoms with Crippen LogP contribution < -0.4 is 10.4 Å². The van der Waals surface area contributed by atoms with E-state index in [2.05, 4.69) is 32.3 Å². The van der Waals surface area contributed by atoms with Gasteiger partial charge in [0.1, 0.15) is 11.6 Å². The maximum atomic E-state index is 7.36. The summed E-state index contributed by atoms with van der Waals surface area (Å²) in [4.78, 5) is 20.3. The molecule has 3 aromatic rings. The van der Waals surface area contributed by atoms with Gasteiger partial charge >= 0.3 is 0 Å². The number of aryl methyl sites for hydroxylation is 2. The van der Waals surface area contributed by atoms with Crippen molar-refractivity contribution in [3.63, 3.8) is 0 Å². The molecular weight excluding hydrogens is 348 g/mol. The van der Waals surface area contributed by atoms with Gasteiger partial charge in [-0.15, -0.1) is 0 Å². The third-order valence-electron chi connectivity index (χ3n) is 5.64. The first-order valence-corrected chi connectivity index (χ1v) is 9.58. The first kappa shape index (κ1) is 18.2. The van der Waals surface area contributed by atoms with Crippen LogP contribution in [0, 0.1) is 20.4 Å². The van der Waals surface area contributed by atoms with Crippen LogP contribution in [-0.4, -0.2) is 27.6 Å². The van der Waals surface area contributed by atoms with E-state index in [-0.39, 0.29) is 6.04 Å². The van der Waals surface area contributed by atoms with Crippen molar-refractivity contribution in [1.82, 2.24) is 14.5 Å². The Bertz CT molecular complexity index is 1160. The Kier molecular flexibility index (Phi) is 4.60. The minimum Gasteiger partial charge on any atom is -0.356 e. The molecule has 1 saturated heterocycles. The molecule has 0 N–H and O–H groups in total.